The third-order valence-corrected chi connectivity index (χ3v) is 1.14. The van der Waals surface area contributed by atoms with Gasteiger partial charge in [-0.1, -0.05) is 0 Å². The van der Waals surface area contributed by atoms with Crippen LogP contribution in [0.2, 0.25) is 0 Å². The molecule has 0 rings (SSSR count). The molecule has 0 heterocycles. The number of carbonyl (C=O) groups is 2. The van der Waals surface area contributed by atoms with Crippen LogP contribution in [0, 0.1) is 0 Å². The van der Waals surface area contributed by atoms with Crippen LogP contribution in [0.5, 0.6) is 0 Å². The molecule has 0 unspecified atom stereocenters. The molecule has 0 radical (unpaired) electrons. The van der Waals surface area contributed by atoms with Crippen molar-refractivity contribution in [2.24, 2.45) is 0 Å². The van der Waals surface area contributed by atoms with Gasteiger partial charge in [-0.2, -0.15) is 0 Å². The first kappa shape index (κ1) is 11.6. The van der Waals surface area contributed by atoms with Crippen LogP contribution in [-0.2, 0) is 14.3 Å². The summed E-state index contributed by atoms with van der Waals surface area (Å²) in [6.07, 6.45) is 0.501. The van der Waals surface area contributed by atoms with Crippen molar-refractivity contribution in [3.8, 4) is 0 Å². The van der Waals surface area contributed by atoms with E-state index in [1.165, 1.54) is 0 Å². The van der Waals surface area contributed by atoms with Crippen molar-refractivity contribution >= 4 is 11.9 Å². The second kappa shape index (κ2) is 5.31. The zero-order valence-corrected chi connectivity index (χ0v) is 7.48. The predicted octanol–water partition coefficient (Wildman–Crippen LogP) is 0.507. The highest BCUT2D eigenvalue weighted by Crippen LogP contribution is 1.99. The molecule has 74 valence electrons. The van der Waals surface area contributed by atoms with E-state index >= 15 is 0 Å². The van der Waals surface area contributed by atoms with Gasteiger partial charge in [-0.05, 0) is 13.8 Å². The van der Waals surface area contributed by atoms with Crippen molar-refractivity contribution in [2.45, 2.75) is 20.0 Å². The lowest BCUT2D eigenvalue weighted by Crippen LogP contribution is -2.13. The Labute approximate surface area is 75.6 Å². The van der Waals surface area contributed by atoms with Crippen LogP contribution in [0.15, 0.2) is 11.6 Å². The van der Waals surface area contributed by atoms with E-state index in [1.54, 1.807) is 13.8 Å². The van der Waals surface area contributed by atoms with Crippen molar-refractivity contribution in [3.05, 3.63) is 11.6 Å². The lowest BCUT2D eigenvalue weighted by Gasteiger charge is -2.06. The highest BCUT2D eigenvalue weighted by Gasteiger charge is 2.10. The molecule has 0 atom stereocenters. The summed E-state index contributed by atoms with van der Waals surface area (Å²) in [4.78, 5) is 20.6. The van der Waals surface area contributed by atoms with E-state index in [0.717, 1.165) is 0 Å². The molecule has 5 nitrogen and oxygen atoms in total. The highest BCUT2D eigenvalue weighted by molar-refractivity contribution is 5.94. The summed E-state index contributed by atoms with van der Waals surface area (Å²) in [6.45, 7) is 3.28. The molecular formula is C8H12O5. The fraction of sp³-hybridized carbons (Fsp3) is 0.500. The van der Waals surface area contributed by atoms with Gasteiger partial charge in [-0.25, -0.2) is 9.59 Å². The topological polar surface area (TPSA) is 83.8 Å². The van der Waals surface area contributed by atoms with E-state index in [0.29, 0.717) is 6.08 Å². The first-order chi connectivity index (χ1) is 5.93. The molecule has 0 spiro atoms. The third-order valence-electron chi connectivity index (χ3n) is 1.14. The zero-order chi connectivity index (χ0) is 10.4. The normalized spacial score (nSPS) is 11.8. The fourth-order valence-electron chi connectivity index (χ4n) is 0.571. The Balaban J connectivity index is 4.28. The Morgan fingerprint density at radius 3 is 2.23 bits per heavy atom. The Hall–Kier alpha value is -1.36. The van der Waals surface area contributed by atoms with Crippen molar-refractivity contribution in [2.75, 3.05) is 6.61 Å². The van der Waals surface area contributed by atoms with Gasteiger partial charge in [0.25, 0.3) is 0 Å². The van der Waals surface area contributed by atoms with Crippen LogP contribution in [0.25, 0.3) is 0 Å². The third kappa shape index (κ3) is 5.86. The maximum atomic E-state index is 10.4. The van der Waals surface area contributed by atoms with Gasteiger partial charge in [0.15, 0.2) is 0 Å². The van der Waals surface area contributed by atoms with E-state index < -0.39 is 11.9 Å². The summed E-state index contributed by atoms with van der Waals surface area (Å²) >= 11 is 0. The fourth-order valence-corrected chi connectivity index (χ4v) is 0.571. The smallest absolute Gasteiger partial charge is 0.334 e. The molecule has 0 fully saturated rings. The SMILES string of the molecule is CC(C)OC/C(=C/C(=O)O)C(=O)O. The molecular weight excluding hydrogens is 176 g/mol. The molecule has 0 aromatic heterocycles. The molecule has 13 heavy (non-hydrogen) atoms. The Morgan fingerprint density at radius 2 is 1.92 bits per heavy atom. The second-order valence-electron chi connectivity index (χ2n) is 2.67. The largest absolute Gasteiger partial charge is 0.478 e. The zero-order valence-electron chi connectivity index (χ0n) is 7.48. The maximum Gasteiger partial charge on any atom is 0.334 e. The van der Waals surface area contributed by atoms with E-state index in [9.17, 15) is 9.59 Å². The molecule has 0 aliphatic rings. The Bertz CT molecular complexity index is 229. The first-order valence-corrected chi connectivity index (χ1v) is 3.72. The first-order valence-electron chi connectivity index (χ1n) is 3.72. The summed E-state index contributed by atoms with van der Waals surface area (Å²) in [7, 11) is 0. The van der Waals surface area contributed by atoms with Crippen LogP contribution < -0.4 is 0 Å². The van der Waals surface area contributed by atoms with E-state index in [2.05, 4.69) is 0 Å². The van der Waals surface area contributed by atoms with Crippen LogP contribution in [0.1, 0.15) is 13.8 Å². The number of ether oxygens (including phenoxy) is 1. The summed E-state index contributed by atoms with van der Waals surface area (Å²) in [6, 6.07) is 0. The van der Waals surface area contributed by atoms with Crippen molar-refractivity contribution in [3.63, 3.8) is 0 Å². The highest BCUT2D eigenvalue weighted by atomic mass is 16.5. The molecule has 0 bridgehead atoms. The van der Waals surface area contributed by atoms with Crippen LogP contribution in [0.3, 0.4) is 0 Å². The minimum Gasteiger partial charge on any atom is -0.478 e. The maximum absolute atomic E-state index is 10.4. The number of rotatable bonds is 5. The second-order valence-corrected chi connectivity index (χ2v) is 2.67. The molecule has 2 N–H and O–H groups in total. The minimum absolute atomic E-state index is 0.128. The summed E-state index contributed by atoms with van der Waals surface area (Å²) in [5.41, 5.74) is -0.263. The van der Waals surface area contributed by atoms with Crippen LogP contribution >= 0.6 is 0 Å². The predicted molar refractivity (Wildman–Crippen MR) is 44.4 cm³/mol. The number of carboxylic acid groups (broad SMARTS) is 2. The lowest BCUT2D eigenvalue weighted by molar-refractivity contribution is -0.135. The summed E-state index contributed by atoms with van der Waals surface area (Å²) in [5, 5.41) is 16.8. The van der Waals surface area contributed by atoms with Crippen molar-refractivity contribution in [1.82, 2.24) is 0 Å². The average molecular weight is 188 g/mol. The quantitative estimate of drug-likeness (QED) is 0.614. The standard InChI is InChI=1S/C8H12O5/c1-5(2)13-4-6(8(11)12)3-7(9)10/h3,5H,4H2,1-2H3,(H,9,10)(H,11,12)/b6-3-. The van der Waals surface area contributed by atoms with Gasteiger partial charge in [0.1, 0.15) is 0 Å². The minimum atomic E-state index is -1.29. The Morgan fingerprint density at radius 1 is 1.38 bits per heavy atom. The van der Waals surface area contributed by atoms with Gasteiger partial charge >= 0.3 is 11.9 Å². The summed E-state index contributed by atoms with van der Waals surface area (Å²) in [5.74, 6) is -2.56. The van der Waals surface area contributed by atoms with E-state index in [1.807, 2.05) is 0 Å². The summed E-state index contributed by atoms with van der Waals surface area (Å²) < 4.78 is 4.95. The molecule has 0 saturated carbocycles. The number of carboxylic acids is 2. The van der Waals surface area contributed by atoms with Crippen LogP contribution in [-0.4, -0.2) is 34.9 Å². The van der Waals surface area contributed by atoms with Crippen molar-refractivity contribution in [1.29, 1.82) is 0 Å². The van der Waals surface area contributed by atoms with Gasteiger partial charge in [-0.15, -0.1) is 0 Å². The van der Waals surface area contributed by atoms with Crippen molar-refractivity contribution < 1.29 is 24.5 Å². The number of hydrogen-bond donors (Lipinski definition) is 2. The monoisotopic (exact) mass is 188 g/mol. The van der Waals surface area contributed by atoms with Crippen LogP contribution in [0.4, 0.5) is 0 Å². The average Bonchev–Trinajstić information content (AvgIpc) is 1.96. The molecule has 0 aliphatic carbocycles. The number of aliphatic carboxylic acids is 2. The van der Waals surface area contributed by atoms with Gasteiger partial charge < -0.3 is 14.9 Å². The van der Waals surface area contributed by atoms with E-state index in [4.69, 9.17) is 14.9 Å². The molecule has 0 aliphatic heterocycles. The molecule has 5 heteroatoms. The molecule has 0 amide bonds. The van der Waals surface area contributed by atoms with Gasteiger partial charge in [0.2, 0.25) is 0 Å². The Kier molecular flexibility index (Phi) is 4.76. The number of hydrogen-bond acceptors (Lipinski definition) is 3. The molecule has 0 aromatic rings. The van der Waals surface area contributed by atoms with Gasteiger partial charge in [0, 0.05) is 6.08 Å². The van der Waals surface area contributed by atoms with Gasteiger partial charge in [0.05, 0.1) is 18.3 Å². The lowest BCUT2D eigenvalue weighted by atomic mass is 10.2. The molecule has 0 saturated heterocycles. The molecule has 0 aromatic carbocycles. The van der Waals surface area contributed by atoms with E-state index in [-0.39, 0.29) is 18.3 Å². The van der Waals surface area contributed by atoms with Gasteiger partial charge in [-0.3, -0.25) is 0 Å².